The van der Waals surface area contributed by atoms with Crippen molar-refractivity contribution in [3.63, 3.8) is 0 Å². The van der Waals surface area contributed by atoms with Gasteiger partial charge in [0.05, 0.1) is 5.92 Å². The number of carbonyl (C=O) groups is 3. The van der Waals surface area contributed by atoms with Crippen LogP contribution in [0.4, 0.5) is 0 Å². The van der Waals surface area contributed by atoms with E-state index in [9.17, 15) is 14.4 Å². The maximum absolute atomic E-state index is 12.0. The van der Waals surface area contributed by atoms with E-state index in [-0.39, 0.29) is 24.1 Å². The summed E-state index contributed by atoms with van der Waals surface area (Å²) in [4.78, 5) is 35.9. The Morgan fingerprint density at radius 2 is 1.71 bits per heavy atom. The van der Waals surface area contributed by atoms with Gasteiger partial charge >= 0.3 is 17.9 Å². The maximum Gasteiger partial charge on any atom is 0.348 e. The molecule has 24 heavy (non-hydrogen) atoms. The number of esters is 3. The lowest BCUT2D eigenvalue weighted by atomic mass is 9.77. The molecule has 1 heterocycles. The average Bonchev–Trinajstić information content (AvgIpc) is 2.46. The Labute approximate surface area is 139 Å². The Balaban J connectivity index is 1.57. The molecule has 2 aliphatic rings. The number of hydrogen-bond donors (Lipinski definition) is 0. The third-order valence-corrected chi connectivity index (χ3v) is 3.98. The Morgan fingerprint density at radius 1 is 1.12 bits per heavy atom. The lowest BCUT2D eigenvalue weighted by Crippen LogP contribution is -2.43. The number of allylic oxidation sites excluding steroid dienone is 1. The lowest BCUT2D eigenvalue weighted by molar-refractivity contribution is -0.222. The largest absolute Gasteiger partial charge is 0.461 e. The molecule has 6 nitrogen and oxygen atoms in total. The number of cyclic esters (lactones) is 2. The molecule has 0 amide bonds. The summed E-state index contributed by atoms with van der Waals surface area (Å²) in [5, 5.41) is 0. The number of rotatable bonds is 3. The molecule has 1 saturated heterocycles. The molecule has 0 bridgehead atoms. The summed E-state index contributed by atoms with van der Waals surface area (Å²) in [7, 11) is 0. The van der Waals surface area contributed by atoms with Gasteiger partial charge in [-0.05, 0) is 24.0 Å². The predicted octanol–water partition coefficient (Wildman–Crippen LogP) is 2.27. The first-order valence-corrected chi connectivity index (χ1v) is 7.75. The van der Waals surface area contributed by atoms with Crippen LogP contribution in [0.1, 0.15) is 32.3 Å². The summed E-state index contributed by atoms with van der Waals surface area (Å²) < 4.78 is 15.4. The summed E-state index contributed by atoms with van der Waals surface area (Å²) in [6.07, 6.45) is 0.626. The highest BCUT2D eigenvalue weighted by Gasteiger charge is 2.44. The molecule has 126 valence electrons. The first kappa shape index (κ1) is 16.2. The van der Waals surface area contributed by atoms with E-state index in [1.807, 2.05) is 30.3 Å². The van der Waals surface area contributed by atoms with Crippen LogP contribution in [0, 0.1) is 5.92 Å². The highest BCUT2D eigenvalue weighted by atomic mass is 16.7. The van der Waals surface area contributed by atoms with Gasteiger partial charge in [0, 0.05) is 13.8 Å². The molecule has 0 radical (unpaired) electrons. The van der Waals surface area contributed by atoms with Crippen molar-refractivity contribution in [2.45, 2.75) is 39.1 Å². The fourth-order valence-electron chi connectivity index (χ4n) is 2.69. The van der Waals surface area contributed by atoms with Crippen molar-refractivity contribution in [2.24, 2.45) is 5.92 Å². The fourth-order valence-corrected chi connectivity index (χ4v) is 2.69. The minimum absolute atomic E-state index is 0.0820. The molecular formula is C18H18O6. The molecule has 1 aliphatic carbocycles. The number of hydrogen-bond acceptors (Lipinski definition) is 6. The van der Waals surface area contributed by atoms with Crippen LogP contribution in [0.15, 0.2) is 41.5 Å². The van der Waals surface area contributed by atoms with Crippen LogP contribution in [0.25, 0.3) is 0 Å². The van der Waals surface area contributed by atoms with Gasteiger partial charge in [-0.25, -0.2) is 9.59 Å². The van der Waals surface area contributed by atoms with Gasteiger partial charge in [0.1, 0.15) is 12.2 Å². The highest BCUT2D eigenvalue weighted by molar-refractivity contribution is 6.16. The van der Waals surface area contributed by atoms with E-state index in [1.54, 1.807) is 0 Å². The topological polar surface area (TPSA) is 78.9 Å². The van der Waals surface area contributed by atoms with E-state index >= 15 is 0 Å². The zero-order valence-corrected chi connectivity index (χ0v) is 13.5. The zero-order valence-electron chi connectivity index (χ0n) is 13.5. The zero-order chi connectivity index (χ0) is 17.3. The van der Waals surface area contributed by atoms with Gasteiger partial charge in [-0.15, -0.1) is 0 Å². The summed E-state index contributed by atoms with van der Waals surface area (Å²) in [5.74, 6) is -3.31. The normalized spacial score (nSPS) is 22.3. The number of carbonyl (C=O) groups excluding carboxylic acids is 3. The minimum atomic E-state index is -1.25. The summed E-state index contributed by atoms with van der Waals surface area (Å²) in [5.41, 5.74) is 1.41. The van der Waals surface area contributed by atoms with Gasteiger partial charge in [0.25, 0.3) is 5.79 Å². The van der Waals surface area contributed by atoms with Crippen molar-refractivity contribution in [3.05, 3.63) is 47.0 Å². The summed E-state index contributed by atoms with van der Waals surface area (Å²) in [6, 6.07) is 9.38. The van der Waals surface area contributed by atoms with E-state index in [0.717, 1.165) is 5.56 Å². The van der Waals surface area contributed by atoms with Crippen LogP contribution < -0.4 is 0 Å². The van der Waals surface area contributed by atoms with Gasteiger partial charge in [-0.2, -0.15) is 0 Å². The SMILES string of the molecule is CC1(C)OC(=O)C(=C2CC(C(=O)OCc3ccccc3)C2)C(=O)O1. The predicted molar refractivity (Wildman–Crippen MR) is 82.3 cm³/mol. The Kier molecular flexibility index (Phi) is 4.13. The molecule has 1 saturated carbocycles. The minimum Gasteiger partial charge on any atom is -0.461 e. The molecule has 0 atom stereocenters. The van der Waals surface area contributed by atoms with Crippen LogP contribution in [0.3, 0.4) is 0 Å². The van der Waals surface area contributed by atoms with Gasteiger partial charge in [0.2, 0.25) is 0 Å². The fraction of sp³-hybridized carbons (Fsp3) is 0.389. The molecule has 2 fully saturated rings. The second-order valence-electron chi connectivity index (χ2n) is 6.36. The van der Waals surface area contributed by atoms with Crippen molar-refractivity contribution in [1.82, 2.24) is 0 Å². The van der Waals surface area contributed by atoms with E-state index in [1.165, 1.54) is 13.8 Å². The molecule has 6 heteroatoms. The second-order valence-corrected chi connectivity index (χ2v) is 6.36. The molecule has 0 aromatic heterocycles. The van der Waals surface area contributed by atoms with Crippen LogP contribution in [0.5, 0.6) is 0 Å². The van der Waals surface area contributed by atoms with Gasteiger partial charge < -0.3 is 14.2 Å². The van der Waals surface area contributed by atoms with Crippen LogP contribution >= 0.6 is 0 Å². The van der Waals surface area contributed by atoms with Crippen molar-refractivity contribution in [2.75, 3.05) is 0 Å². The van der Waals surface area contributed by atoms with E-state index in [2.05, 4.69) is 0 Å². The van der Waals surface area contributed by atoms with Crippen molar-refractivity contribution in [3.8, 4) is 0 Å². The molecule has 1 aromatic carbocycles. The van der Waals surface area contributed by atoms with Crippen molar-refractivity contribution in [1.29, 1.82) is 0 Å². The van der Waals surface area contributed by atoms with Crippen molar-refractivity contribution >= 4 is 17.9 Å². The van der Waals surface area contributed by atoms with E-state index < -0.39 is 17.7 Å². The smallest absolute Gasteiger partial charge is 0.348 e. The summed E-state index contributed by atoms with van der Waals surface area (Å²) >= 11 is 0. The first-order chi connectivity index (χ1) is 11.4. The molecule has 1 aliphatic heterocycles. The lowest BCUT2D eigenvalue weighted by Gasteiger charge is -2.34. The highest BCUT2D eigenvalue weighted by Crippen LogP contribution is 2.39. The van der Waals surface area contributed by atoms with E-state index in [0.29, 0.717) is 18.4 Å². The average molecular weight is 330 g/mol. The summed E-state index contributed by atoms with van der Waals surface area (Å²) in [6.45, 7) is 3.20. The Morgan fingerprint density at radius 3 is 2.29 bits per heavy atom. The van der Waals surface area contributed by atoms with Crippen LogP contribution in [0.2, 0.25) is 0 Å². The van der Waals surface area contributed by atoms with Crippen LogP contribution in [-0.2, 0) is 35.2 Å². The monoisotopic (exact) mass is 330 g/mol. The van der Waals surface area contributed by atoms with Crippen LogP contribution in [-0.4, -0.2) is 23.7 Å². The first-order valence-electron chi connectivity index (χ1n) is 7.75. The Bertz CT molecular complexity index is 686. The molecular weight excluding hydrogens is 312 g/mol. The van der Waals surface area contributed by atoms with Gasteiger partial charge in [0.15, 0.2) is 0 Å². The quantitative estimate of drug-likeness (QED) is 0.480. The van der Waals surface area contributed by atoms with Crippen molar-refractivity contribution < 1.29 is 28.6 Å². The molecule has 1 aromatic rings. The number of ether oxygens (including phenoxy) is 3. The third-order valence-electron chi connectivity index (χ3n) is 3.98. The molecule has 0 unspecified atom stereocenters. The second kappa shape index (κ2) is 6.11. The standard InChI is InChI=1S/C18H18O6/c1-18(2)23-16(20)14(17(21)24-18)12-8-13(9-12)15(19)22-10-11-6-4-3-5-7-11/h3-7,13H,8-10H2,1-2H3. The molecule has 0 spiro atoms. The molecule has 3 rings (SSSR count). The van der Waals surface area contributed by atoms with Gasteiger partial charge in [-0.3, -0.25) is 4.79 Å². The van der Waals surface area contributed by atoms with E-state index in [4.69, 9.17) is 14.2 Å². The van der Waals surface area contributed by atoms with Gasteiger partial charge in [-0.1, -0.05) is 30.3 Å². The third kappa shape index (κ3) is 3.32. The molecule has 0 N–H and O–H groups in total. The number of benzene rings is 1. The Hall–Kier alpha value is -2.63. The maximum atomic E-state index is 12.0.